The van der Waals surface area contributed by atoms with Gasteiger partial charge in [0.1, 0.15) is 5.69 Å². The standard InChI is InChI=1S/C13H16N2O4/c1-13(2)8(9(13)12(17)18)10(16)15-7-5-4-6-14-11(7)19-3/h4-6,8-9H,1-3H3,(H,15,16)(H,17,18)/t8-,9-/m1/s1. The number of nitrogens with one attached hydrogen (secondary N) is 1. The molecule has 0 bridgehead atoms. The van der Waals surface area contributed by atoms with Crippen LogP contribution >= 0.6 is 0 Å². The molecule has 2 N–H and O–H groups in total. The number of amides is 1. The number of aromatic nitrogens is 1. The highest BCUT2D eigenvalue weighted by Crippen LogP contribution is 2.58. The van der Waals surface area contributed by atoms with Gasteiger partial charge in [0.05, 0.1) is 18.9 Å². The first kappa shape index (κ1) is 13.3. The Morgan fingerprint density at radius 1 is 1.42 bits per heavy atom. The van der Waals surface area contributed by atoms with Gasteiger partial charge in [-0.1, -0.05) is 13.8 Å². The van der Waals surface area contributed by atoms with E-state index in [0.29, 0.717) is 11.6 Å². The first-order valence-electron chi connectivity index (χ1n) is 5.92. The Balaban J connectivity index is 2.13. The first-order chi connectivity index (χ1) is 8.89. The van der Waals surface area contributed by atoms with Crippen molar-refractivity contribution in [2.75, 3.05) is 12.4 Å². The lowest BCUT2D eigenvalue weighted by Crippen LogP contribution is -2.18. The van der Waals surface area contributed by atoms with Crippen LogP contribution in [0.4, 0.5) is 5.69 Å². The normalized spacial score (nSPS) is 23.5. The Bertz CT molecular complexity index is 527. The zero-order valence-corrected chi connectivity index (χ0v) is 11.0. The van der Waals surface area contributed by atoms with Gasteiger partial charge in [-0.2, -0.15) is 0 Å². The predicted molar refractivity (Wildman–Crippen MR) is 67.8 cm³/mol. The number of carboxylic acid groups (broad SMARTS) is 1. The number of methoxy groups -OCH3 is 1. The minimum atomic E-state index is -0.941. The smallest absolute Gasteiger partial charge is 0.307 e. The van der Waals surface area contributed by atoms with E-state index < -0.39 is 23.2 Å². The number of carboxylic acids is 1. The third kappa shape index (κ3) is 2.25. The number of hydrogen-bond acceptors (Lipinski definition) is 4. The van der Waals surface area contributed by atoms with Crippen molar-refractivity contribution in [3.63, 3.8) is 0 Å². The molecule has 1 heterocycles. The van der Waals surface area contributed by atoms with E-state index in [9.17, 15) is 9.59 Å². The molecule has 6 heteroatoms. The number of aliphatic carboxylic acids is 1. The molecule has 1 aliphatic rings. The second-order valence-electron chi connectivity index (χ2n) is 5.16. The SMILES string of the molecule is COc1ncccc1NC(=O)[C@H]1[C@H](C(=O)O)C1(C)C. The number of pyridine rings is 1. The number of carbonyl (C=O) groups is 2. The molecule has 0 aromatic carbocycles. The Hall–Kier alpha value is -2.11. The molecule has 1 aromatic heterocycles. The second kappa shape index (κ2) is 4.53. The summed E-state index contributed by atoms with van der Waals surface area (Å²) in [6, 6.07) is 3.33. The fourth-order valence-corrected chi connectivity index (χ4v) is 2.45. The number of hydrogen-bond donors (Lipinski definition) is 2. The van der Waals surface area contributed by atoms with Crippen LogP contribution in [0.1, 0.15) is 13.8 Å². The van der Waals surface area contributed by atoms with E-state index in [1.54, 1.807) is 32.2 Å². The molecular formula is C13H16N2O4. The average molecular weight is 264 g/mol. The number of ether oxygens (including phenoxy) is 1. The summed E-state index contributed by atoms with van der Waals surface area (Å²) in [6.45, 7) is 3.55. The molecule has 1 saturated carbocycles. The largest absolute Gasteiger partial charge is 0.481 e. The van der Waals surface area contributed by atoms with E-state index in [-0.39, 0.29) is 5.91 Å². The van der Waals surface area contributed by atoms with Gasteiger partial charge in [-0.3, -0.25) is 9.59 Å². The van der Waals surface area contributed by atoms with Gasteiger partial charge >= 0.3 is 5.97 Å². The molecular weight excluding hydrogens is 248 g/mol. The molecule has 1 aromatic rings. The minimum absolute atomic E-state index is 0.307. The lowest BCUT2D eigenvalue weighted by atomic mass is 10.1. The maximum absolute atomic E-state index is 12.1. The van der Waals surface area contributed by atoms with Gasteiger partial charge < -0.3 is 15.2 Å². The highest BCUT2D eigenvalue weighted by Gasteiger charge is 2.65. The quantitative estimate of drug-likeness (QED) is 0.857. The van der Waals surface area contributed by atoms with Crippen molar-refractivity contribution < 1.29 is 19.4 Å². The van der Waals surface area contributed by atoms with Crippen molar-refractivity contribution in [2.45, 2.75) is 13.8 Å². The van der Waals surface area contributed by atoms with E-state index >= 15 is 0 Å². The van der Waals surface area contributed by atoms with Gasteiger partial charge in [-0.15, -0.1) is 0 Å². The van der Waals surface area contributed by atoms with E-state index in [2.05, 4.69) is 10.3 Å². The minimum Gasteiger partial charge on any atom is -0.481 e. The molecule has 102 valence electrons. The molecule has 2 rings (SSSR count). The highest BCUT2D eigenvalue weighted by atomic mass is 16.5. The predicted octanol–water partition coefficient (Wildman–Crippen LogP) is 1.39. The summed E-state index contributed by atoms with van der Waals surface area (Å²) in [5.74, 6) is -2.13. The zero-order valence-electron chi connectivity index (χ0n) is 11.0. The van der Waals surface area contributed by atoms with Crippen LogP contribution in [0.2, 0.25) is 0 Å². The van der Waals surface area contributed by atoms with Gasteiger partial charge in [-0.25, -0.2) is 4.98 Å². The van der Waals surface area contributed by atoms with E-state index in [0.717, 1.165) is 0 Å². The third-order valence-electron chi connectivity index (χ3n) is 3.60. The Morgan fingerprint density at radius 3 is 2.63 bits per heavy atom. The van der Waals surface area contributed by atoms with Crippen molar-refractivity contribution in [3.05, 3.63) is 18.3 Å². The van der Waals surface area contributed by atoms with Gasteiger partial charge in [0, 0.05) is 6.20 Å². The fourth-order valence-electron chi connectivity index (χ4n) is 2.45. The van der Waals surface area contributed by atoms with Crippen molar-refractivity contribution in [2.24, 2.45) is 17.3 Å². The van der Waals surface area contributed by atoms with Crippen LogP contribution in [0.15, 0.2) is 18.3 Å². The monoisotopic (exact) mass is 264 g/mol. The van der Waals surface area contributed by atoms with Crippen molar-refractivity contribution >= 4 is 17.6 Å². The number of nitrogens with zero attached hydrogens (tertiary/aromatic N) is 1. The topological polar surface area (TPSA) is 88.5 Å². The molecule has 0 saturated heterocycles. The molecule has 1 fully saturated rings. The molecule has 0 radical (unpaired) electrons. The number of anilines is 1. The summed E-state index contributed by atoms with van der Waals surface area (Å²) in [5.41, 5.74) is -0.0763. The first-order valence-corrected chi connectivity index (χ1v) is 5.92. The molecule has 1 amide bonds. The fraction of sp³-hybridized carbons (Fsp3) is 0.462. The van der Waals surface area contributed by atoms with Crippen LogP contribution in [-0.4, -0.2) is 29.1 Å². The van der Waals surface area contributed by atoms with Crippen LogP contribution in [0.25, 0.3) is 0 Å². The van der Waals surface area contributed by atoms with Crippen LogP contribution in [-0.2, 0) is 9.59 Å². The van der Waals surface area contributed by atoms with Gasteiger partial charge in [0.2, 0.25) is 11.8 Å². The summed E-state index contributed by atoms with van der Waals surface area (Å²) in [5, 5.41) is 11.7. The maximum atomic E-state index is 12.1. The average Bonchev–Trinajstić information content (AvgIpc) is 2.93. The Morgan fingerprint density at radius 2 is 2.11 bits per heavy atom. The van der Waals surface area contributed by atoms with Crippen LogP contribution in [0.3, 0.4) is 0 Å². The maximum Gasteiger partial charge on any atom is 0.307 e. The summed E-state index contributed by atoms with van der Waals surface area (Å²) < 4.78 is 5.03. The summed E-state index contributed by atoms with van der Waals surface area (Å²) in [6.07, 6.45) is 1.55. The summed E-state index contributed by atoms with van der Waals surface area (Å²) >= 11 is 0. The zero-order chi connectivity index (χ0) is 14.2. The van der Waals surface area contributed by atoms with Crippen molar-refractivity contribution in [1.82, 2.24) is 4.98 Å². The molecule has 19 heavy (non-hydrogen) atoms. The molecule has 6 nitrogen and oxygen atoms in total. The van der Waals surface area contributed by atoms with Crippen LogP contribution in [0, 0.1) is 17.3 Å². The highest BCUT2D eigenvalue weighted by molar-refractivity contribution is 6.00. The molecule has 1 aliphatic carbocycles. The van der Waals surface area contributed by atoms with Crippen LogP contribution in [0.5, 0.6) is 5.88 Å². The lowest BCUT2D eigenvalue weighted by Gasteiger charge is -2.09. The Labute approximate surface area is 110 Å². The van der Waals surface area contributed by atoms with Gasteiger partial charge in [-0.05, 0) is 17.5 Å². The number of rotatable bonds is 4. The molecule has 0 unspecified atom stereocenters. The molecule has 2 atom stereocenters. The second-order valence-corrected chi connectivity index (χ2v) is 5.16. The van der Waals surface area contributed by atoms with E-state index in [4.69, 9.17) is 9.84 Å². The van der Waals surface area contributed by atoms with Crippen LogP contribution < -0.4 is 10.1 Å². The molecule has 0 spiro atoms. The summed E-state index contributed by atoms with van der Waals surface area (Å²) in [4.78, 5) is 27.1. The lowest BCUT2D eigenvalue weighted by molar-refractivity contribution is -0.140. The summed E-state index contributed by atoms with van der Waals surface area (Å²) in [7, 11) is 1.46. The van der Waals surface area contributed by atoms with E-state index in [1.165, 1.54) is 7.11 Å². The van der Waals surface area contributed by atoms with Gasteiger partial charge in [0.15, 0.2) is 0 Å². The third-order valence-corrected chi connectivity index (χ3v) is 3.60. The Kier molecular flexibility index (Phi) is 3.18. The van der Waals surface area contributed by atoms with Crippen molar-refractivity contribution in [1.29, 1.82) is 0 Å². The van der Waals surface area contributed by atoms with E-state index in [1.807, 2.05) is 0 Å². The van der Waals surface area contributed by atoms with Crippen molar-refractivity contribution in [3.8, 4) is 5.88 Å². The van der Waals surface area contributed by atoms with Gasteiger partial charge in [0.25, 0.3) is 0 Å². The molecule has 0 aliphatic heterocycles. The number of carbonyl (C=O) groups excluding carboxylic acids is 1.